The SMILES string of the molecule is COCCCN(CC1(O)CCC2c3ccc(cc3C(=O)c3cccc(C(F)(F)F)c3)CC(O)CCC(C)=CCCC21C)C(=O)Oc1ccc2ccccc2c1. The molecule has 1 amide bonds. The van der Waals surface area contributed by atoms with Crippen LogP contribution in [0, 0.1) is 5.41 Å². The van der Waals surface area contributed by atoms with Gasteiger partial charge in [0.05, 0.1) is 23.8 Å². The Bertz CT molecular complexity index is 2040. The van der Waals surface area contributed by atoms with Crippen molar-refractivity contribution < 1.29 is 42.4 Å². The molecule has 0 heterocycles. The van der Waals surface area contributed by atoms with Crippen LogP contribution in [0.5, 0.6) is 5.75 Å². The minimum atomic E-state index is -4.63. The first kappa shape index (κ1) is 40.2. The predicted molar refractivity (Wildman–Crippen MR) is 206 cm³/mol. The fraction of sp³-hybridized carbons (Fsp3) is 0.422. The van der Waals surface area contributed by atoms with Gasteiger partial charge in [0.1, 0.15) is 5.75 Å². The molecule has 0 aliphatic heterocycles. The Labute approximate surface area is 320 Å². The molecule has 55 heavy (non-hydrogen) atoms. The maximum atomic E-state index is 14.3. The van der Waals surface area contributed by atoms with Crippen molar-refractivity contribution >= 4 is 22.6 Å². The molecule has 2 bridgehead atoms. The number of nitrogens with zero attached hydrogens (tertiary/aromatic N) is 1. The number of ketones is 1. The van der Waals surface area contributed by atoms with Crippen LogP contribution in [0.2, 0.25) is 0 Å². The second kappa shape index (κ2) is 16.7. The van der Waals surface area contributed by atoms with E-state index in [0.29, 0.717) is 68.4 Å². The molecule has 0 spiro atoms. The van der Waals surface area contributed by atoms with Crippen LogP contribution in [-0.4, -0.2) is 65.5 Å². The topological polar surface area (TPSA) is 96.3 Å². The summed E-state index contributed by atoms with van der Waals surface area (Å²) in [7, 11) is 1.59. The first-order valence-electron chi connectivity index (χ1n) is 19.1. The maximum absolute atomic E-state index is 14.3. The second-order valence-electron chi connectivity index (χ2n) is 15.5. The zero-order chi connectivity index (χ0) is 39.4. The lowest BCUT2D eigenvalue weighted by atomic mass is 9.64. The molecule has 292 valence electrons. The van der Waals surface area contributed by atoms with Crippen LogP contribution >= 0.6 is 0 Å². The highest BCUT2D eigenvalue weighted by Gasteiger charge is 2.57. The Balaban J connectivity index is 1.39. The molecule has 4 aromatic rings. The van der Waals surface area contributed by atoms with Crippen molar-refractivity contribution in [3.8, 4) is 5.75 Å². The summed E-state index contributed by atoms with van der Waals surface area (Å²) >= 11 is 0. The van der Waals surface area contributed by atoms with E-state index in [1.165, 1.54) is 17.0 Å². The van der Waals surface area contributed by atoms with Crippen LogP contribution in [0.1, 0.15) is 97.3 Å². The van der Waals surface area contributed by atoms with Gasteiger partial charge in [-0.25, -0.2) is 4.79 Å². The lowest BCUT2D eigenvalue weighted by Crippen LogP contribution is -2.54. The van der Waals surface area contributed by atoms with Crippen molar-refractivity contribution in [2.24, 2.45) is 5.41 Å². The van der Waals surface area contributed by atoms with E-state index in [1.54, 1.807) is 25.3 Å². The van der Waals surface area contributed by atoms with Gasteiger partial charge in [-0.05, 0) is 116 Å². The molecule has 0 saturated heterocycles. The fourth-order valence-corrected chi connectivity index (χ4v) is 8.54. The van der Waals surface area contributed by atoms with Gasteiger partial charge in [-0.1, -0.05) is 73.2 Å². The third-order valence-electron chi connectivity index (χ3n) is 11.8. The van der Waals surface area contributed by atoms with Crippen molar-refractivity contribution in [3.05, 3.63) is 124 Å². The number of hydrogen-bond donors (Lipinski definition) is 2. The first-order valence-corrected chi connectivity index (χ1v) is 19.1. The molecule has 2 N–H and O–H groups in total. The molecule has 4 unspecified atom stereocenters. The van der Waals surface area contributed by atoms with Gasteiger partial charge < -0.3 is 24.6 Å². The summed E-state index contributed by atoms with van der Waals surface area (Å²) in [6, 6.07) is 23.0. The Hall–Kier alpha value is -4.51. The van der Waals surface area contributed by atoms with Gasteiger partial charge in [-0.2, -0.15) is 13.2 Å². The van der Waals surface area contributed by atoms with E-state index in [2.05, 4.69) is 6.08 Å². The Morgan fingerprint density at radius 2 is 1.73 bits per heavy atom. The van der Waals surface area contributed by atoms with E-state index in [-0.39, 0.29) is 30.6 Å². The van der Waals surface area contributed by atoms with Gasteiger partial charge >= 0.3 is 12.3 Å². The van der Waals surface area contributed by atoms with E-state index in [4.69, 9.17) is 9.47 Å². The monoisotopic (exact) mass is 757 g/mol. The van der Waals surface area contributed by atoms with Crippen LogP contribution in [-0.2, 0) is 17.3 Å². The largest absolute Gasteiger partial charge is 0.416 e. The number of hydrogen-bond acceptors (Lipinski definition) is 6. The van der Waals surface area contributed by atoms with E-state index in [9.17, 15) is 33.0 Å². The average Bonchev–Trinajstić information content (AvgIpc) is 3.41. The van der Waals surface area contributed by atoms with Gasteiger partial charge in [0.15, 0.2) is 5.78 Å². The summed E-state index contributed by atoms with van der Waals surface area (Å²) in [4.78, 5) is 29.8. The number of carbonyl (C=O) groups excluding carboxylic acids is 2. The highest BCUT2D eigenvalue weighted by Crippen LogP contribution is 2.59. The van der Waals surface area contributed by atoms with Crippen molar-refractivity contribution in [2.45, 2.75) is 89.0 Å². The van der Waals surface area contributed by atoms with E-state index >= 15 is 0 Å². The maximum Gasteiger partial charge on any atom is 0.416 e. The van der Waals surface area contributed by atoms with Crippen LogP contribution in [0.15, 0.2) is 96.6 Å². The number of methoxy groups -OCH3 is 1. The Morgan fingerprint density at radius 3 is 2.49 bits per heavy atom. The van der Waals surface area contributed by atoms with Gasteiger partial charge in [0, 0.05) is 36.8 Å². The lowest BCUT2D eigenvalue weighted by Gasteiger charge is -2.46. The van der Waals surface area contributed by atoms with Crippen LogP contribution < -0.4 is 4.74 Å². The number of alkyl halides is 3. The van der Waals surface area contributed by atoms with E-state index < -0.39 is 46.7 Å². The smallest absolute Gasteiger partial charge is 0.410 e. The Morgan fingerprint density at radius 1 is 0.945 bits per heavy atom. The van der Waals surface area contributed by atoms with Crippen LogP contribution in [0.4, 0.5) is 18.0 Å². The quantitative estimate of drug-likeness (QED) is 0.100. The lowest BCUT2D eigenvalue weighted by molar-refractivity contribution is -0.137. The molecule has 0 aromatic heterocycles. The number of rotatable bonds is 9. The normalized spacial score (nSPS) is 23.2. The third-order valence-corrected chi connectivity index (χ3v) is 11.8. The van der Waals surface area contributed by atoms with Gasteiger partial charge in [0.2, 0.25) is 0 Å². The van der Waals surface area contributed by atoms with Crippen LogP contribution in [0.25, 0.3) is 10.8 Å². The molecular formula is C45H50F3NO6. The minimum Gasteiger partial charge on any atom is -0.410 e. The van der Waals surface area contributed by atoms with Crippen molar-refractivity contribution in [3.63, 3.8) is 0 Å². The molecule has 1 saturated carbocycles. The van der Waals surface area contributed by atoms with Gasteiger partial charge in [0.25, 0.3) is 0 Å². The fourth-order valence-electron chi connectivity index (χ4n) is 8.54. The molecule has 7 nitrogen and oxygen atoms in total. The second-order valence-corrected chi connectivity index (χ2v) is 15.5. The number of amides is 1. The zero-order valence-electron chi connectivity index (χ0n) is 31.7. The first-order chi connectivity index (χ1) is 26.2. The zero-order valence-corrected chi connectivity index (χ0v) is 31.7. The molecule has 7 rings (SSSR count). The molecular weight excluding hydrogens is 707 g/mol. The molecule has 4 aromatic carbocycles. The van der Waals surface area contributed by atoms with Gasteiger partial charge in [-0.3, -0.25) is 4.79 Å². The summed E-state index contributed by atoms with van der Waals surface area (Å²) in [5, 5.41) is 25.8. The number of halogens is 3. The number of aliphatic hydroxyl groups excluding tert-OH is 1. The number of carbonyl (C=O) groups is 2. The minimum absolute atomic E-state index is 0.0417. The van der Waals surface area contributed by atoms with Gasteiger partial charge in [-0.15, -0.1) is 0 Å². The number of benzene rings is 4. The number of allylic oxidation sites excluding steroid dienone is 2. The predicted octanol–water partition coefficient (Wildman–Crippen LogP) is 9.67. The Kier molecular flexibility index (Phi) is 12.2. The molecule has 0 radical (unpaired) electrons. The number of aliphatic hydroxyl groups is 2. The van der Waals surface area contributed by atoms with E-state index in [1.807, 2.05) is 56.3 Å². The highest BCUT2D eigenvalue weighted by molar-refractivity contribution is 6.10. The van der Waals surface area contributed by atoms with Crippen molar-refractivity contribution in [2.75, 3.05) is 26.8 Å². The van der Waals surface area contributed by atoms with E-state index in [0.717, 1.165) is 28.5 Å². The highest BCUT2D eigenvalue weighted by atomic mass is 19.4. The van der Waals surface area contributed by atoms with Crippen LogP contribution in [0.3, 0.4) is 0 Å². The average molecular weight is 758 g/mol. The molecule has 4 atom stereocenters. The summed E-state index contributed by atoms with van der Waals surface area (Å²) < 4.78 is 52.6. The summed E-state index contributed by atoms with van der Waals surface area (Å²) in [5.41, 5.74) is -0.641. The number of fused-ring (bicyclic) bond motifs is 9. The van der Waals surface area contributed by atoms with Crippen molar-refractivity contribution in [1.29, 1.82) is 0 Å². The summed E-state index contributed by atoms with van der Waals surface area (Å²) in [6.45, 7) is 4.64. The standard InChI is InChI=1S/C45H50F3NO6/c1-30-9-7-21-43(2)40(38-19-15-31(25-36(50)17-14-30)26-39(38)41(51)34-12-6-13-35(27-34)45(46,47)48)20-22-44(43,53)29-49(23-8-24-54-3)42(52)55-37-18-16-32-10-4-5-11-33(32)28-37/h4-6,9-13,15-16,18-19,26-28,36,40,50,53H,7-8,14,17,20-25,29H2,1-3H3. The molecule has 10 heteroatoms. The summed E-state index contributed by atoms with van der Waals surface area (Å²) in [6.07, 6.45) is 0.0219. The molecule has 3 aliphatic rings. The third kappa shape index (κ3) is 8.98. The number of ether oxygens (including phenoxy) is 2. The van der Waals surface area contributed by atoms with Crippen molar-refractivity contribution in [1.82, 2.24) is 4.90 Å². The molecule has 1 fully saturated rings. The summed E-state index contributed by atoms with van der Waals surface area (Å²) in [5.74, 6) is -0.571. The molecule has 3 aliphatic carbocycles.